The SMILES string of the molecule is CC(C)NCC(=O)Nc1cccc(Br)n1. The van der Waals surface area contributed by atoms with Gasteiger partial charge in [0, 0.05) is 6.04 Å². The molecule has 0 aliphatic rings. The van der Waals surface area contributed by atoms with Crippen molar-refractivity contribution in [3.05, 3.63) is 22.8 Å². The second kappa shape index (κ2) is 5.82. The third-order valence-electron chi connectivity index (χ3n) is 1.65. The molecule has 2 N–H and O–H groups in total. The van der Waals surface area contributed by atoms with E-state index < -0.39 is 0 Å². The van der Waals surface area contributed by atoms with E-state index in [1.54, 1.807) is 6.07 Å². The number of pyridine rings is 1. The van der Waals surface area contributed by atoms with Gasteiger partial charge in [0.25, 0.3) is 0 Å². The Hall–Kier alpha value is -0.940. The smallest absolute Gasteiger partial charge is 0.239 e. The Bertz CT molecular complexity index is 341. The van der Waals surface area contributed by atoms with Gasteiger partial charge in [0.05, 0.1) is 6.54 Å². The Balaban J connectivity index is 2.44. The van der Waals surface area contributed by atoms with E-state index in [4.69, 9.17) is 0 Å². The Kier molecular flexibility index (Phi) is 4.71. The number of amides is 1. The average Bonchev–Trinajstić information content (AvgIpc) is 2.15. The van der Waals surface area contributed by atoms with Crippen molar-refractivity contribution in [2.75, 3.05) is 11.9 Å². The zero-order valence-corrected chi connectivity index (χ0v) is 10.3. The number of nitrogens with one attached hydrogen (secondary N) is 2. The quantitative estimate of drug-likeness (QED) is 0.821. The lowest BCUT2D eigenvalue weighted by molar-refractivity contribution is -0.115. The van der Waals surface area contributed by atoms with Crippen molar-refractivity contribution in [2.45, 2.75) is 19.9 Å². The molecule has 82 valence electrons. The molecule has 1 aromatic heterocycles. The first kappa shape index (κ1) is 12.1. The molecule has 0 spiro atoms. The van der Waals surface area contributed by atoms with Gasteiger partial charge in [-0.05, 0) is 28.1 Å². The normalized spacial score (nSPS) is 10.4. The van der Waals surface area contributed by atoms with Crippen molar-refractivity contribution >= 4 is 27.7 Å². The highest BCUT2D eigenvalue weighted by atomic mass is 79.9. The molecule has 1 amide bonds. The van der Waals surface area contributed by atoms with Crippen LogP contribution in [0.4, 0.5) is 5.82 Å². The maximum Gasteiger partial charge on any atom is 0.239 e. The molecular weight excluding hydrogens is 258 g/mol. The van der Waals surface area contributed by atoms with Crippen LogP contribution in [0.15, 0.2) is 22.8 Å². The van der Waals surface area contributed by atoms with E-state index in [1.165, 1.54) is 0 Å². The predicted molar refractivity (Wildman–Crippen MR) is 63.7 cm³/mol. The summed E-state index contributed by atoms with van der Waals surface area (Å²) in [6.45, 7) is 4.28. The van der Waals surface area contributed by atoms with Crippen LogP contribution >= 0.6 is 15.9 Å². The molecule has 0 saturated carbocycles. The van der Waals surface area contributed by atoms with Crippen molar-refractivity contribution in [3.8, 4) is 0 Å². The fourth-order valence-corrected chi connectivity index (χ4v) is 1.31. The molecule has 0 radical (unpaired) electrons. The number of carbonyl (C=O) groups excluding carboxylic acids is 1. The maximum atomic E-state index is 11.4. The van der Waals surface area contributed by atoms with E-state index in [-0.39, 0.29) is 5.91 Å². The van der Waals surface area contributed by atoms with Crippen LogP contribution in [0.5, 0.6) is 0 Å². The fourth-order valence-electron chi connectivity index (χ4n) is 0.962. The molecule has 0 aliphatic heterocycles. The summed E-state index contributed by atoms with van der Waals surface area (Å²) in [6, 6.07) is 5.68. The minimum absolute atomic E-state index is 0.0886. The second-order valence-electron chi connectivity index (χ2n) is 3.43. The minimum atomic E-state index is -0.0886. The van der Waals surface area contributed by atoms with E-state index in [1.807, 2.05) is 26.0 Å². The van der Waals surface area contributed by atoms with E-state index in [2.05, 4.69) is 31.5 Å². The van der Waals surface area contributed by atoms with E-state index >= 15 is 0 Å². The molecule has 1 aromatic rings. The highest BCUT2D eigenvalue weighted by Gasteiger charge is 2.03. The standard InChI is InChI=1S/C10H14BrN3O/c1-7(2)12-6-10(15)14-9-5-3-4-8(11)13-9/h3-5,7,12H,6H2,1-2H3,(H,13,14,15). The summed E-state index contributed by atoms with van der Waals surface area (Å²) in [5, 5.41) is 5.72. The van der Waals surface area contributed by atoms with Gasteiger partial charge in [-0.1, -0.05) is 19.9 Å². The van der Waals surface area contributed by atoms with Gasteiger partial charge in [0.1, 0.15) is 10.4 Å². The first-order chi connectivity index (χ1) is 7.08. The highest BCUT2D eigenvalue weighted by Crippen LogP contribution is 2.09. The van der Waals surface area contributed by atoms with Crippen LogP contribution in [-0.2, 0) is 4.79 Å². The van der Waals surface area contributed by atoms with Crippen molar-refractivity contribution in [1.29, 1.82) is 0 Å². The zero-order chi connectivity index (χ0) is 11.3. The molecule has 0 aliphatic carbocycles. The number of nitrogens with zero attached hydrogens (tertiary/aromatic N) is 1. The number of hydrogen-bond donors (Lipinski definition) is 2. The number of halogens is 1. The van der Waals surface area contributed by atoms with Crippen LogP contribution in [0.1, 0.15) is 13.8 Å². The second-order valence-corrected chi connectivity index (χ2v) is 4.24. The predicted octanol–water partition coefficient (Wildman–Crippen LogP) is 1.78. The van der Waals surface area contributed by atoms with Crippen LogP contribution in [0.3, 0.4) is 0 Å². The number of anilines is 1. The van der Waals surface area contributed by atoms with Crippen LogP contribution < -0.4 is 10.6 Å². The molecule has 0 bridgehead atoms. The van der Waals surface area contributed by atoms with Gasteiger partial charge in [0.2, 0.25) is 5.91 Å². The molecule has 0 saturated heterocycles. The Morgan fingerprint density at radius 3 is 2.87 bits per heavy atom. The summed E-state index contributed by atoms with van der Waals surface area (Å²) in [5.74, 6) is 0.467. The summed E-state index contributed by atoms with van der Waals surface area (Å²) in [4.78, 5) is 15.5. The van der Waals surface area contributed by atoms with E-state index in [0.717, 1.165) is 0 Å². The van der Waals surface area contributed by atoms with Gasteiger partial charge < -0.3 is 10.6 Å². The lowest BCUT2D eigenvalue weighted by atomic mass is 10.4. The van der Waals surface area contributed by atoms with Gasteiger partial charge in [-0.3, -0.25) is 4.79 Å². The van der Waals surface area contributed by atoms with Crippen LogP contribution in [0.25, 0.3) is 0 Å². The van der Waals surface area contributed by atoms with Crippen molar-refractivity contribution < 1.29 is 4.79 Å². The van der Waals surface area contributed by atoms with Gasteiger partial charge in [-0.25, -0.2) is 4.98 Å². The van der Waals surface area contributed by atoms with Crippen molar-refractivity contribution in [3.63, 3.8) is 0 Å². The van der Waals surface area contributed by atoms with Gasteiger partial charge in [0.15, 0.2) is 0 Å². The molecule has 5 heteroatoms. The molecule has 1 heterocycles. The fraction of sp³-hybridized carbons (Fsp3) is 0.400. The number of aromatic nitrogens is 1. The molecule has 0 fully saturated rings. The topological polar surface area (TPSA) is 54.0 Å². The largest absolute Gasteiger partial charge is 0.310 e. The van der Waals surface area contributed by atoms with Crippen LogP contribution in [-0.4, -0.2) is 23.5 Å². The summed E-state index contributed by atoms with van der Waals surface area (Å²) >= 11 is 3.24. The lowest BCUT2D eigenvalue weighted by Gasteiger charge is -2.08. The summed E-state index contributed by atoms with van der Waals surface area (Å²) < 4.78 is 0.706. The first-order valence-corrected chi connectivity index (χ1v) is 5.53. The number of hydrogen-bond acceptors (Lipinski definition) is 3. The molecule has 0 atom stereocenters. The van der Waals surface area contributed by atoms with E-state index in [9.17, 15) is 4.79 Å². The Morgan fingerprint density at radius 2 is 2.27 bits per heavy atom. The highest BCUT2D eigenvalue weighted by molar-refractivity contribution is 9.10. The molecule has 1 rings (SSSR count). The Morgan fingerprint density at radius 1 is 1.53 bits per heavy atom. The molecule has 0 aromatic carbocycles. The number of rotatable bonds is 4. The average molecular weight is 272 g/mol. The lowest BCUT2D eigenvalue weighted by Crippen LogP contribution is -2.32. The summed E-state index contributed by atoms with van der Waals surface area (Å²) in [6.07, 6.45) is 0. The molecule has 15 heavy (non-hydrogen) atoms. The van der Waals surface area contributed by atoms with Crippen LogP contribution in [0, 0.1) is 0 Å². The van der Waals surface area contributed by atoms with Gasteiger partial charge in [-0.2, -0.15) is 0 Å². The number of carbonyl (C=O) groups is 1. The minimum Gasteiger partial charge on any atom is -0.310 e. The Labute approximate surface area is 97.6 Å². The summed E-state index contributed by atoms with van der Waals surface area (Å²) in [5.41, 5.74) is 0. The molecular formula is C10H14BrN3O. The maximum absolute atomic E-state index is 11.4. The van der Waals surface area contributed by atoms with Gasteiger partial charge >= 0.3 is 0 Å². The third kappa shape index (κ3) is 4.90. The first-order valence-electron chi connectivity index (χ1n) is 4.73. The molecule has 0 unspecified atom stereocenters. The monoisotopic (exact) mass is 271 g/mol. The third-order valence-corrected chi connectivity index (χ3v) is 2.10. The van der Waals surface area contributed by atoms with Gasteiger partial charge in [-0.15, -0.1) is 0 Å². The molecule has 4 nitrogen and oxygen atoms in total. The summed E-state index contributed by atoms with van der Waals surface area (Å²) in [7, 11) is 0. The van der Waals surface area contributed by atoms with Crippen LogP contribution in [0.2, 0.25) is 0 Å². The zero-order valence-electron chi connectivity index (χ0n) is 8.75. The van der Waals surface area contributed by atoms with Crippen molar-refractivity contribution in [2.24, 2.45) is 0 Å². The van der Waals surface area contributed by atoms with Crippen molar-refractivity contribution in [1.82, 2.24) is 10.3 Å². The van der Waals surface area contributed by atoms with E-state index in [0.29, 0.717) is 23.0 Å².